The topological polar surface area (TPSA) is 460 Å². The summed E-state index contributed by atoms with van der Waals surface area (Å²) in [5, 5.41) is 44.9. The number of benzene rings is 3. The first-order valence-electron chi connectivity index (χ1n) is 40.7. The monoisotopic (exact) mass is 1620 g/mol. The zero-order valence-electron chi connectivity index (χ0n) is 70.2. The van der Waals surface area contributed by atoms with Crippen LogP contribution in [0.5, 0.6) is 5.75 Å². The SMILES string of the molecule is CC[C@H](C)[C@@H]([C@@H](CC(=O)N1CCC[C@H]1[C@H](OC)[C@@H](C)C(=O)N[C@@H](Cc1ccccc1)C(=O)NCCC(=O)N[C@@H](Cc1ccccc1)C(=O)N[C@@H](CCCNC(N)=O)C(=O)N[C@@H](CCCCCC(=O)[C@@H](N)CCCCNC(=O)CCOC)C(=O)N[C@@H](Cc1ccc(O)cc1)C(=O)O)OC)N(C)C(=O)[C@@H](NC(=O)[C@H](C(C)C)N(C)C)C(C)C. The number of nitrogens with one attached hydrogen (secondary N) is 9. The van der Waals surface area contributed by atoms with E-state index < -0.39 is 126 Å². The van der Waals surface area contributed by atoms with Crippen molar-refractivity contribution in [2.45, 2.75) is 243 Å². The molecule has 0 aliphatic carbocycles. The Morgan fingerprint density at radius 3 is 1.64 bits per heavy atom. The number of primary amides is 1. The molecule has 14 atom stereocenters. The Morgan fingerprint density at radius 1 is 0.552 bits per heavy atom. The smallest absolute Gasteiger partial charge is 0.326 e. The number of carboxylic acids is 1. The van der Waals surface area contributed by atoms with E-state index in [2.05, 4.69) is 47.9 Å². The molecule has 3 aromatic carbocycles. The normalized spacial score (nSPS) is 16.1. The van der Waals surface area contributed by atoms with Gasteiger partial charge >= 0.3 is 12.0 Å². The Morgan fingerprint density at radius 2 is 1.09 bits per heavy atom. The van der Waals surface area contributed by atoms with Crippen molar-refractivity contribution in [3.8, 4) is 5.75 Å². The van der Waals surface area contributed by atoms with E-state index in [-0.39, 0.29) is 137 Å². The van der Waals surface area contributed by atoms with Gasteiger partial charge in [0.05, 0.1) is 55.3 Å². The molecule has 32 nitrogen and oxygen atoms in total. The highest BCUT2D eigenvalue weighted by atomic mass is 16.5. The van der Waals surface area contributed by atoms with E-state index >= 15 is 0 Å². The van der Waals surface area contributed by atoms with Crippen LogP contribution in [0.15, 0.2) is 84.9 Å². The zero-order valence-corrected chi connectivity index (χ0v) is 70.2. The molecule has 32 heteroatoms. The largest absolute Gasteiger partial charge is 0.508 e. The fourth-order valence-corrected chi connectivity index (χ4v) is 14.6. The number of carbonyl (C=O) groups excluding carboxylic acids is 12. The number of ketones is 1. The molecular formula is C84H132N14O18. The van der Waals surface area contributed by atoms with Gasteiger partial charge in [0.2, 0.25) is 59.1 Å². The Kier molecular flexibility index (Phi) is 44.4. The number of carbonyl (C=O) groups is 13. The third-order valence-corrected chi connectivity index (χ3v) is 21.3. The van der Waals surface area contributed by atoms with E-state index in [1.54, 1.807) is 84.4 Å². The number of aliphatic carboxylic acids is 1. The third kappa shape index (κ3) is 33.9. The molecule has 0 aromatic heterocycles. The highest BCUT2D eigenvalue weighted by molar-refractivity contribution is 5.96. The van der Waals surface area contributed by atoms with Gasteiger partial charge in [-0.3, -0.25) is 57.6 Å². The zero-order chi connectivity index (χ0) is 86.1. The number of ether oxygens (including phenoxy) is 3. The van der Waals surface area contributed by atoms with E-state index in [4.69, 9.17) is 25.7 Å². The second-order valence-corrected chi connectivity index (χ2v) is 31.2. The number of phenolic OH excluding ortho intramolecular Hbond substituents is 1. The van der Waals surface area contributed by atoms with Crippen molar-refractivity contribution in [3.05, 3.63) is 102 Å². The first-order chi connectivity index (χ1) is 55.2. The van der Waals surface area contributed by atoms with E-state index in [1.165, 1.54) is 45.6 Å². The van der Waals surface area contributed by atoms with Crippen LogP contribution >= 0.6 is 0 Å². The highest BCUT2D eigenvalue weighted by Crippen LogP contribution is 2.30. The molecule has 1 aliphatic heterocycles. The predicted octanol–water partition coefficient (Wildman–Crippen LogP) is 3.70. The Bertz CT molecular complexity index is 3590. The number of unbranched alkanes of at least 4 members (excludes halogenated alkanes) is 3. The lowest BCUT2D eigenvalue weighted by molar-refractivity contribution is -0.148. The van der Waals surface area contributed by atoms with Gasteiger partial charge in [0, 0.05) is 93.1 Å². The number of nitrogens with two attached hydrogens (primary N) is 2. The number of amides is 12. The fourth-order valence-electron chi connectivity index (χ4n) is 14.6. The molecule has 3 aromatic rings. The standard InChI is InChI=1S/C84H132N14O18/c1-14-54(6)74(97(10)82(110)72(52(2)3)95-81(109)73(53(4)5)96(8)9)68(115-12)51-71(103)98-46-27-35-66(98)75(116-13)55(7)76(104)93-63(48-56-28-18-15-19-29-56)77(105)88-45-41-70(102)90-64(49-57-30-20-16-21-31-57)80(108)92-62(34-26-44-89-84(86)113)78(106)91-61(79(107)94-65(83(111)112)50-58-37-39-59(99)40-38-58)33-22-17-23-36-67(100)60(85)32-24-25-43-87-69(101)42-47-114-11/h15-16,18-21,28-31,37-40,52-55,60-66,68,72-75,99H,14,17,22-27,32-36,41-51,85H2,1-13H3,(H,87,101)(H,88,105)(H,90,102)(H,91,106)(H,92,108)(H,93,104)(H,94,107)(H,95,109)(H,111,112)(H3,86,89,113)/t54-,55+,60-,61-,62-,63-,64-,65-,66-,68+,72-,73-,74-,75+/m0/s1. The number of hydrogen-bond donors (Lipinski definition) is 13. The molecule has 15 N–H and O–H groups in total. The summed E-state index contributed by atoms with van der Waals surface area (Å²) in [5.74, 6) is -8.55. The molecular weight excluding hydrogens is 1490 g/mol. The number of phenols is 1. The molecule has 0 saturated carbocycles. The molecule has 646 valence electrons. The van der Waals surface area contributed by atoms with Crippen LogP contribution in [0.4, 0.5) is 4.79 Å². The molecule has 1 aliphatic rings. The van der Waals surface area contributed by atoms with Gasteiger partial charge in [-0.25, -0.2) is 9.59 Å². The summed E-state index contributed by atoms with van der Waals surface area (Å²) in [6.45, 7) is 14.0. The van der Waals surface area contributed by atoms with Gasteiger partial charge in [-0.15, -0.1) is 0 Å². The number of carboxylic acid groups (broad SMARTS) is 1. The van der Waals surface area contributed by atoms with Crippen molar-refractivity contribution in [1.29, 1.82) is 0 Å². The lowest BCUT2D eigenvalue weighted by Gasteiger charge is -2.41. The quantitative estimate of drug-likeness (QED) is 0.0358. The van der Waals surface area contributed by atoms with Crippen molar-refractivity contribution in [3.63, 3.8) is 0 Å². The molecule has 0 spiro atoms. The van der Waals surface area contributed by atoms with Crippen molar-refractivity contribution in [2.24, 2.45) is 35.1 Å². The van der Waals surface area contributed by atoms with Crippen LogP contribution in [-0.2, 0) is 91.0 Å². The van der Waals surface area contributed by atoms with Gasteiger partial charge in [0.1, 0.15) is 47.8 Å². The molecule has 1 fully saturated rings. The van der Waals surface area contributed by atoms with Crippen LogP contribution in [0.2, 0.25) is 0 Å². The highest BCUT2D eigenvalue weighted by Gasteiger charge is 2.44. The molecule has 0 unspecified atom stereocenters. The molecule has 0 bridgehead atoms. The van der Waals surface area contributed by atoms with Gasteiger partial charge < -0.3 is 93.5 Å². The van der Waals surface area contributed by atoms with Gasteiger partial charge in [0.15, 0.2) is 0 Å². The average Bonchev–Trinajstić information content (AvgIpc) is 1.27. The summed E-state index contributed by atoms with van der Waals surface area (Å²) in [6, 6.07) is 12.2. The first kappa shape index (κ1) is 98.7. The second kappa shape index (κ2) is 52.1. The fraction of sp³-hybridized carbons (Fsp3) is 0.631. The maximum atomic E-state index is 14.8. The second-order valence-electron chi connectivity index (χ2n) is 31.2. The van der Waals surface area contributed by atoms with Crippen LogP contribution in [-0.4, -0.2) is 250 Å². The van der Waals surface area contributed by atoms with E-state index in [9.17, 15) is 72.5 Å². The summed E-state index contributed by atoms with van der Waals surface area (Å²) in [5.41, 5.74) is 13.4. The molecule has 12 amide bonds. The van der Waals surface area contributed by atoms with E-state index in [0.717, 1.165) is 0 Å². The number of rotatable bonds is 55. The van der Waals surface area contributed by atoms with Crippen molar-refractivity contribution >= 4 is 76.9 Å². The first-order valence-corrected chi connectivity index (χ1v) is 40.7. The Labute approximate surface area is 684 Å². The van der Waals surface area contributed by atoms with Gasteiger partial charge in [-0.1, -0.05) is 141 Å². The van der Waals surface area contributed by atoms with Crippen molar-refractivity contribution in [2.75, 3.05) is 75.3 Å². The lowest BCUT2D eigenvalue weighted by Crippen LogP contribution is -2.59. The molecule has 0 radical (unpaired) electrons. The summed E-state index contributed by atoms with van der Waals surface area (Å²) in [4.78, 5) is 185. The Balaban J connectivity index is 1.53. The van der Waals surface area contributed by atoms with Crippen molar-refractivity contribution in [1.82, 2.24) is 62.6 Å². The minimum atomic E-state index is -1.51. The Hall–Kier alpha value is -9.63. The third-order valence-electron chi connectivity index (χ3n) is 21.3. The lowest BCUT2D eigenvalue weighted by atomic mass is 9.89. The van der Waals surface area contributed by atoms with Crippen LogP contribution < -0.4 is 59.3 Å². The maximum Gasteiger partial charge on any atom is 0.326 e. The molecule has 1 heterocycles. The van der Waals surface area contributed by atoms with Crippen LogP contribution in [0.3, 0.4) is 0 Å². The summed E-state index contributed by atoms with van der Waals surface area (Å²) < 4.78 is 17.1. The number of likely N-dealkylation sites (tertiary alicyclic amines) is 1. The molecule has 4 rings (SSSR count). The molecule has 1 saturated heterocycles. The number of Topliss-reactive ketones (excluding diaryl/α,β-unsaturated/α-hetero) is 1. The summed E-state index contributed by atoms with van der Waals surface area (Å²) in [6.07, 6.45) is 2.08. The van der Waals surface area contributed by atoms with Gasteiger partial charge in [-0.2, -0.15) is 0 Å². The van der Waals surface area contributed by atoms with E-state index in [0.29, 0.717) is 87.8 Å². The average molecular weight is 1630 g/mol. The predicted molar refractivity (Wildman–Crippen MR) is 438 cm³/mol. The number of urea groups is 1. The number of likely N-dealkylation sites (N-methyl/N-ethyl adjacent to an activating group) is 2. The summed E-state index contributed by atoms with van der Waals surface area (Å²) in [7, 11) is 9.78. The maximum absolute atomic E-state index is 14.8. The number of aromatic hydroxyl groups is 1. The minimum absolute atomic E-state index is 0.0253. The number of nitrogens with zero attached hydrogens (tertiary/aromatic N) is 3. The number of methoxy groups -OCH3 is 3. The minimum Gasteiger partial charge on any atom is -0.508 e. The van der Waals surface area contributed by atoms with Crippen LogP contribution in [0, 0.1) is 23.7 Å². The van der Waals surface area contributed by atoms with Gasteiger partial charge in [-0.05, 0) is 118 Å². The van der Waals surface area contributed by atoms with Gasteiger partial charge in [0.25, 0.3) is 0 Å². The number of hydrogen-bond acceptors (Lipinski definition) is 19. The van der Waals surface area contributed by atoms with Crippen LogP contribution in [0.25, 0.3) is 0 Å². The van der Waals surface area contributed by atoms with Crippen LogP contribution in [0.1, 0.15) is 168 Å². The summed E-state index contributed by atoms with van der Waals surface area (Å²) >= 11 is 0. The van der Waals surface area contributed by atoms with E-state index in [1.807, 2.05) is 60.5 Å². The van der Waals surface area contributed by atoms with Crippen molar-refractivity contribution < 1.29 is 86.8 Å². The molecule has 116 heavy (non-hydrogen) atoms.